The third kappa shape index (κ3) is 4.49. The minimum Gasteiger partial charge on any atom is -0.478 e. The number of aryl methyl sites for hydroxylation is 1. The molecule has 0 fully saturated rings. The zero-order valence-corrected chi connectivity index (χ0v) is 19.1. The average molecular weight is 429 g/mol. The maximum absolute atomic E-state index is 13.0. The largest absolute Gasteiger partial charge is 0.478 e. The highest BCUT2D eigenvalue weighted by Crippen LogP contribution is 2.25. The van der Waals surface area contributed by atoms with Crippen LogP contribution in [-0.4, -0.2) is 26.5 Å². The van der Waals surface area contributed by atoms with Gasteiger partial charge in [0.05, 0.1) is 5.69 Å². The smallest absolute Gasteiger partial charge is 0.267 e. The second kappa shape index (κ2) is 8.46. The van der Waals surface area contributed by atoms with Crippen molar-refractivity contribution in [1.29, 1.82) is 0 Å². The Hall–Kier alpha value is -3.67. The van der Waals surface area contributed by atoms with Gasteiger partial charge < -0.3 is 10.1 Å². The van der Waals surface area contributed by atoms with E-state index in [0.717, 1.165) is 16.8 Å². The number of amides is 1. The lowest BCUT2D eigenvalue weighted by molar-refractivity contribution is -0.128. The maximum atomic E-state index is 13.0. The van der Waals surface area contributed by atoms with Crippen molar-refractivity contribution in [3.63, 3.8) is 0 Å². The van der Waals surface area contributed by atoms with Crippen molar-refractivity contribution in [2.75, 3.05) is 5.32 Å². The molecule has 164 valence electrons. The lowest BCUT2D eigenvalue weighted by Crippen LogP contribution is -2.42. The van der Waals surface area contributed by atoms with Crippen molar-refractivity contribution < 1.29 is 9.53 Å². The molecule has 0 spiro atoms. The fourth-order valence-corrected chi connectivity index (χ4v) is 3.41. The van der Waals surface area contributed by atoms with Crippen LogP contribution >= 0.6 is 0 Å². The van der Waals surface area contributed by atoms with Crippen LogP contribution in [0.5, 0.6) is 5.75 Å². The molecule has 1 amide bonds. The zero-order chi connectivity index (χ0) is 22.9. The summed E-state index contributed by atoms with van der Waals surface area (Å²) in [6.07, 6.45) is 0. The van der Waals surface area contributed by atoms with Gasteiger partial charge in [0.25, 0.3) is 5.91 Å². The van der Waals surface area contributed by atoms with Gasteiger partial charge in [-0.05, 0) is 74.2 Å². The van der Waals surface area contributed by atoms with E-state index in [4.69, 9.17) is 4.74 Å². The first-order valence-electron chi connectivity index (χ1n) is 10.8. The SMILES string of the molecule is Cc1cc2nn(-c3ccc(C(C)C)cc3)nc2cc1NC(=O)C(C)(C)Oc1ccccc1. The van der Waals surface area contributed by atoms with Crippen molar-refractivity contribution >= 4 is 22.6 Å². The summed E-state index contributed by atoms with van der Waals surface area (Å²) in [5, 5.41) is 12.2. The highest BCUT2D eigenvalue weighted by Gasteiger charge is 2.30. The molecule has 3 aromatic carbocycles. The Morgan fingerprint density at radius 2 is 1.59 bits per heavy atom. The maximum Gasteiger partial charge on any atom is 0.267 e. The average Bonchev–Trinajstić information content (AvgIpc) is 3.17. The molecular weight excluding hydrogens is 400 g/mol. The lowest BCUT2D eigenvalue weighted by atomic mass is 10.0. The van der Waals surface area contributed by atoms with Gasteiger partial charge in [-0.15, -0.1) is 10.2 Å². The molecule has 1 heterocycles. The van der Waals surface area contributed by atoms with Crippen molar-refractivity contribution in [2.45, 2.75) is 46.1 Å². The summed E-state index contributed by atoms with van der Waals surface area (Å²) >= 11 is 0. The summed E-state index contributed by atoms with van der Waals surface area (Å²) in [5.74, 6) is 0.879. The Morgan fingerprint density at radius 1 is 0.969 bits per heavy atom. The number of ether oxygens (including phenoxy) is 1. The third-order valence-corrected chi connectivity index (χ3v) is 5.43. The van der Waals surface area contributed by atoms with E-state index in [1.54, 1.807) is 18.6 Å². The molecule has 6 heteroatoms. The van der Waals surface area contributed by atoms with Crippen LogP contribution in [0, 0.1) is 6.92 Å². The molecule has 0 aliphatic heterocycles. The van der Waals surface area contributed by atoms with Crippen molar-refractivity contribution in [2.24, 2.45) is 0 Å². The number of hydrogen-bond acceptors (Lipinski definition) is 4. The molecule has 0 aliphatic rings. The van der Waals surface area contributed by atoms with E-state index in [9.17, 15) is 4.79 Å². The number of aromatic nitrogens is 3. The standard InChI is InChI=1S/C26H28N4O2/c1-17(2)19-11-13-20(14-12-19)30-28-23-15-18(3)22(16-24(23)29-30)27-25(31)26(4,5)32-21-9-7-6-8-10-21/h6-17H,1-5H3,(H,27,31). The van der Waals surface area contributed by atoms with Crippen molar-refractivity contribution in [3.05, 3.63) is 77.9 Å². The Kier molecular flexibility index (Phi) is 5.70. The highest BCUT2D eigenvalue weighted by molar-refractivity contribution is 5.99. The summed E-state index contributed by atoms with van der Waals surface area (Å²) in [6, 6.07) is 21.3. The third-order valence-electron chi connectivity index (χ3n) is 5.43. The fraction of sp³-hybridized carbons (Fsp3) is 0.269. The second-order valence-corrected chi connectivity index (χ2v) is 8.77. The summed E-state index contributed by atoms with van der Waals surface area (Å²) in [5.41, 5.74) is 4.20. The number of benzene rings is 3. The van der Waals surface area contributed by atoms with Gasteiger partial charge in [-0.3, -0.25) is 4.79 Å². The predicted molar refractivity (Wildman–Crippen MR) is 127 cm³/mol. The zero-order valence-electron chi connectivity index (χ0n) is 19.1. The van der Waals surface area contributed by atoms with Crippen LogP contribution in [-0.2, 0) is 4.79 Å². The molecule has 0 radical (unpaired) electrons. The Balaban J connectivity index is 1.57. The van der Waals surface area contributed by atoms with E-state index >= 15 is 0 Å². The number of nitrogens with one attached hydrogen (secondary N) is 1. The number of nitrogens with zero attached hydrogens (tertiary/aromatic N) is 3. The minimum absolute atomic E-state index is 0.236. The Morgan fingerprint density at radius 3 is 2.22 bits per heavy atom. The van der Waals surface area contributed by atoms with Gasteiger partial charge >= 0.3 is 0 Å². The molecule has 32 heavy (non-hydrogen) atoms. The van der Waals surface area contributed by atoms with Gasteiger partial charge in [-0.2, -0.15) is 4.80 Å². The normalized spacial score (nSPS) is 11.7. The first-order valence-corrected chi connectivity index (χ1v) is 10.8. The molecule has 0 aliphatic carbocycles. The number of anilines is 1. The van der Waals surface area contributed by atoms with Crippen LogP contribution in [0.2, 0.25) is 0 Å². The number of para-hydroxylation sites is 1. The molecule has 0 saturated heterocycles. The summed E-state index contributed by atoms with van der Waals surface area (Å²) in [4.78, 5) is 14.6. The van der Waals surface area contributed by atoms with E-state index in [0.29, 0.717) is 22.9 Å². The van der Waals surface area contributed by atoms with Gasteiger partial charge in [-0.25, -0.2) is 0 Å². The van der Waals surface area contributed by atoms with E-state index in [1.807, 2.05) is 61.5 Å². The predicted octanol–water partition coefficient (Wildman–Crippen LogP) is 5.65. The first kappa shape index (κ1) is 21.6. The van der Waals surface area contributed by atoms with Gasteiger partial charge in [0.2, 0.25) is 0 Å². The van der Waals surface area contributed by atoms with Crippen LogP contribution < -0.4 is 10.1 Å². The molecule has 4 rings (SSSR count). The van der Waals surface area contributed by atoms with Crippen LogP contribution in [0.1, 0.15) is 44.7 Å². The van der Waals surface area contributed by atoms with E-state index in [-0.39, 0.29) is 5.91 Å². The summed E-state index contributed by atoms with van der Waals surface area (Å²) in [7, 11) is 0. The molecule has 0 atom stereocenters. The Labute approximate surface area is 188 Å². The molecule has 0 unspecified atom stereocenters. The topological polar surface area (TPSA) is 69.0 Å². The lowest BCUT2D eigenvalue weighted by Gasteiger charge is -2.25. The highest BCUT2D eigenvalue weighted by atomic mass is 16.5. The minimum atomic E-state index is -1.04. The molecule has 6 nitrogen and oxygen atoms in total. The van der Waals surface area contributed by atoms with Crippen LogP contribution in [0.15, 0.2) is 66.7 Å². The van der Waals surface area contributed by atoms with Gasteiger partial charge in [0.15, 0.2) is 5.60 Å². The Bertz CT molecular complexity index is 1240. The first-order chi connectivity index (χ1) is 15.2. The van der Waals surface area contributed by atoms with Gasteiger partial charge in [0.1, 0.15) is 16.8 Å². The van der Waals surface area contributed by atoms with Crippen LogP contribution in [0.4, 0.5) is 5.69 Å². The second-order valence-electron chi connectivity index (χ2n) is 8.77. The summed E-state index contributed by atoms with van der Waals surface area (Å²) in [6.45, 7) is 9.78. The van der Waals surface area contributed by atoms with Crippen LogP contribution in [0.25, 0.3) is 16.7 Å². The monoisotopic (exact) mass is 428 g/mol. The van der Waals surface area contributed by atoms with Crippen molar-refractivity contribution in [1.82, 2.24) is 15.0 Å². The molecule has 0 bridgehead atoms. The van der Waals surface area contributed by atoms with Crippen molar-refractivity contribution in [3.8, 4) is 11.4 Å². The summed E-state index contributed by atoms with van der Waals surface area (Å²) < 4.78 is 5.91. The molecule has 1 aromatic heterocycles. The van der Waals surface area contributed by atoms with Gasteiger partial charge in [-0.1, -0.05) is 44.2 Å². The van der Waals surface area contributed by atoms with E-state index in [1.165, 1.54) is 5.56 Å². The van der Waals surface area contributed by atoms with E-state index in [2.05, 4.69) is 41.5 Å². The van der Waals surface area contributed by atoms with E-state index < -0.39 is 5.60 Å². The molecule has 1 N–H and O–H groups in total. The fourth-order valence-electron chi connectivity index (χ4n) is 3.41. The number of carbonyl (C=O) groups excluding carboxylic acids is 1. The number of rotatable bonds is 6. The number of fused-ring (bicyclic) bond motifs is 1. The molecule has 0 saturated carbocycles. The number of hydrogen-bond donors (Lipinski definition) is 1. The molecular formula is C26H28N4O2. The quantitative estimate of drug-likeness (QED) is 0.431. The number of carbonyl (C=O) groups is 1. The van der Waals surface area contributed by atoms with Gasteiger partial charge in [0, 0.05) is 5.69 Å². The molecule has 4 aromatic rings. The van der Waals surface area contributed by atoms with Crippen LogP contribution in [0.3, 0.4) is 0 Å².